The van der Waals surface area contributed by atoms with Gasteiger partial charge in [-0.05, 0) is 11.5 Å². The summed E-state index contributed by atoms with van der Waals surface area (Å²) in [5.41, 5.74) is 1.05. The molecule has 1 aromatic carbocycles. The standard InChI is InChI=1S/C15H20ClNO/c1-4-11(2)14(13-8-6-5-7-9-13)15(18)17-10-12(3)16/h5-9,11,14H,3-4,10H2,1-2H3,(H,17,18). The van der Waals surface area contributed by atoms with Gasteiger partial charge in [0.15, 0.2) is 0 Å². The first kappa shape index (κ1) is 14.8. The number of nitrogens with one attached hydrogen (secondary N) is 1. The molecule has 0 saturated heterocycles. The Bertz CT molecular complexity index is 402. The first-order chi connectivity index (χ1) is 8.56. The van der Waals surface area contributed by atoms with E-state index >= 15 is 0 Å². The van der Waals surface area contributed by atoms with Crippen LogP contribution in [0.5, 0.6) is 0 Å². The minimum atomic E-state index is -0.132. The SMILES string of the molecule is C=C(Cl)CNC(=O)C(c1ccccc1)C(C)CC. The number of amides is 1. The highest BCUT2D eigenvalue weighted by molar-refractivity contribution is 6.29. The number of halogens is 1. The third kappa shape index (κ3) is 4.19. The fourth-order valence-corrected chi connectivity index (χ4v) is 1.99. The Morgan fingerprint density at radius 3 is 2.50 bits per heavy atom. The van der Waals surface area contributed by atoms with E-state index in [0.29, 0.717) is 11.6 Å². The number of carbonyl (C=O) groups excluding carboxylic acids is 1. The maximum absolute atomic E-state index is 12.2. The Kier molecular flexibility index (Phi) is 5.93. The van der Waals surface area contributed by atoms with E-state index in [0.717, 1.165) is 12.0 Å². The molecule has 0 aromatic heterocycles. The fraction of sp³-hybridized carbons (Fsp3) is 0.400. The van der Waals surface area contributed by atoms with Crippen LogP contribution in [0.25, 0.3) is 0 Å². The Morgan fingerprint density at radius 1 is 1.39 bits per heavy atom. The molecule has 0 saturated carbocycles. The molecule has 1 aromatic rings. The van der Waals surface area contributed by atoms with Gasteiger partial charge in [0.2, 0.25) is 5.91 Å². The van der Waals surface area contributed by atoms with Gasteiger partial charge in [-0.25, -0.2) is 0 Å². The molecule has 0 bridgehead atoms. The molecule has 3 heteroatoms. The van der Waals surface area contributed by atoms with Crippen LogP contribution in [-0.4, -0.2) is 12.5 Å². The van der Waals surface area contributed by atoms with Gasteiger partial charge in [0, 0.05) is 5.03 Å². The predicted octanol–water partition coefficient (Wildman–Crippen LogP) is 3.69. The van der Waals surface area contributed by atoms with E-state index in [1.807, 2.05) is 30.3 Å². The number of carbonyl (C=O) groups is 1. The molecule has 1 amide bonds. The van der Waals surface area contributed by atoms with Crippen molar-refractivity contribution in [3.05, 3.63) is 47.5 Å². The van der Waals surface area contributed by atoms with Gasteiger partial charge in [-0.15, -0.1) is 0 Å². The second-order valence-electron chi connectivity index (χ2n) is 4.51. The Hall–Kier alpha value is -1.28. The van der Waals surface area contributed by atoms with Crippen LogP contribution < -0.4 is 5.32 Å². The van der Waals surface area contributed by atoms with Crippen LogP contribution in [0.2, 0.25) is 0 Å². The van der Waals surface area contributed by atoms with Crippen LogP contribution in [0, 0.1) is 5.92 Å². The summed E-state index contributed by atoms with van der Waals surface area (Å²) in [6.45, 7) is 8.08. The van der Waals surface area contributed by atoms with Crippen LogP contribution in [0.4, 0.5) is 0 Å². The third-order valence-electron chi connectivity index (χ3n) is 3.11. The van der Waals surface area contributed by atoms with E-state index in [-0.39, 0.29) is 17.7 Å². The number of hydrogen-bond donors (Lipinski definition) is 1. The predicted molar refractivity (Wildman–Crippen MR) is 76.6 cm³/mol. The van der Waals surface area contributed by atoms with Crippen molar-refractivity contribution in [1.82, 2.24) is 5.32 Å². The van der Waals surface area contributed by atoms with Gasteiger partial charge < -0.3 is 5.32 Å². The molecule has 0 fully saturated rings. The second kappa shape index (κ2) is 7.22. The van der Waals surface area contributed by atoms with Gasteiger partial charge in [0.05, 0.1) is 12.5 Å². The number of benzene rings is 1. The van der Waals surface area contributed by atoms with Crippen molar-refractivity contribution in [2.45, 2.75) is 26.2 Å². The minimum Gasteiger partial charge on any atom is -0.351 e. The number of rotatable bonds is 6. The van der Waals surface area contributed by atoms with Gasteiger partial charge in [-0.3, -0.25) is 4.79 Å². The van der Waals surface area contributed by atoms with Gasteiger partial charge in [0.1, 0.15) is 0 Å². The molecule has 1 rings (SSSR count). The van der Waals surface area contributed by atoms with E-state index in [9.17, 15) is 4.79 Å². The lowest BCUT2D eigenvalue weighted by Crippen LogP contribution is -2.33. The fourth-order valence-electron chi connectivity index (χ4n) is 1.93. The van der Waals surface area contributed by atoms with E-state index < -0.39 is 0 Å². The monoisotopic (exact) mass is 265 g/mol. The Morgan fingerprint density at radius 2 is 2.00 bits per heavy atom. The lowest BCUT2D eigenvalue weighted by Gasteiger charge is -2.22. The molecular weight excluding hydrogens is 246 g/mol. The summed E-state index contributed by atoms with van der Waals surface area (Å²) in [5.74, 6) is 0.167. The topological polar surface area (TPSA) is 29.1 Å². The lowest BCUT2D eigenvalue weighted by molar-refractivity contribution is -0.123. The average molecular weight is 266 g/mol. The molecule has 2 nitrogen and oxygen atoms in total. The molecule has 0 aliphatic carbocycles. The molecule has 18 heavy (non-hydrogen) atoms. The van der Waals surface area contributed by atoms with Crippen LogP contribution >= 0.6 is 11.6 Å². The molecular formula is C15H20ClNO. The van der Waals surface area contributed by atoms with E-state index in [1.54, 1.807) is 0 Å². The van der Waals surface area contributed by atoms with Gasteiger partial charge in [-0.2, -0.15) is 0 Å². The van der Waals surface area contributed by atoms with E-state index in [1.165, 1.54) is 0 Å². The maximum atomic E-state index is 12.2. The molecule has 0 aliphatic heterocycles. The van der Waals surface area contributed by atoms with Crippen molar-refractivity contribution in [3.63, 3.8) is 0 Å². The summed E-state index contributed by atoms with van der Waals surface area (Å²) in [4.78, 5) is 12.2. The lowest BCUT2D eigenvalue weighted by atomic mass is 9.85. The first-order valence-electron chi connectivity index (χ1n) is 6.22. The normalized spacial score (nSPS) is 13.7. The van der Waals surface area contributed by atoms with Crippen molar-refractivity contribution in [3.8, 4) is 0 Å². The first-order valence-corrected chi connectivity index (χ1v) is 6.60. The molecule has 0 radical (unpaired) electrons. The van der Waals surface area contributed by atoms with Crippen molar-refractivity contribution >= 4 is 17.5 Å². The maximum Gasteiger partial charge on any atom is 0.228 e. The van der Waals surface area contributed by atoms with Crippen LogP contribution in [0.15, 0.2) is 41.9 Å². The van der Waals surface area contributed by atoms with Crippen LogP contribution in [0.3, 0.4) is 0 Å². The second-order valence-corrected chi connectivity index (χ2v) is 5.04. The minimum absolute atomic E-state index is 0.0114. The zero-order valence-electron chi connectivity index (χ0n) is 10.9. The largest absolute Gasteiger partial charge is 0.351 e. The zero-order valence-corrected chi connectivity index (χ0v) is 11.7. The summed E-state index contributed by atoms with van der Waals surface area (Å²) in [6.07, 6.45) is 0.953. The van der Waals surface area contributed by atoms with Crippen molar-refractivity contribution < 1.29 is 4.79 Å². The van der Waals surface area contributed by atoms with Gasteiger partial charge in [-0.1, -0.05) is 68.8 Å². The average Bonchev–Trinajstić information content (AvgIpc) is 2.37. The molecule has 1 N–H and O–H groups in total. The summed E-state index contributed by atoms with van der Waals surface area (Å²) < 4.78 is 0. The molecule has 2 atom stereocenters. The smallest absolute Gasteiger partial charge is 0.228 e. The quantitative estimate of drug-likeness (QED) is 0.835. The molecule has 0 spiro atoms. The molecule has 0 heterocycles. The Balaban J connectivity index is 2.85. The summed E-state index contributed by atoms with van der Waals surface area (Å²) >= 11 is 5.68. The molecule has 0 aliphatic rings. The van der Waals surface area contributed by atoms with Crippen LogP contribution in [-0.2, 0) is 4.79 Å². The number of hydrogen-bond acceptors (Lipinski definition) is 1. The third-order valence-corrected chi connectivity index (χ3v) is 3.24. The molecule has 2 unspecified atom stereocenters. The van der Waals surface area contributed by atoms with Crippen molar-refractivity contribution in [2.24, 2.45) is 5.92 Å². The van der Waals surface area contributed by atoms with E-state index in [2.05, 4.69) is 25.7 Å². The van der Waals surface area contributed by atoms with Crippen molar-refractivity contribution in [2.75, 3.05) is 6.54 Å². The van der Waals surface area contributed by atoms with Crippen LogP contribution in [0.1, 0.15) is 31.7 Å². The van der Waals surface area contributed by atoms with Crippen molar-refractivity contribution in [1.29, 1.82) is 0 Å². The summed E-state index contributed by atoms with van der Waals surface area (Å²) in [5, 5.41) is 3.27. The van der Waals surface area contributed by atoms with Gasteiger partial charge in [0.25, 0.3) is 0 Å². The summed E-state index contributed by atoms with van der Waals surface area (Å²) in [6, 6.07) is 9.85. The summed E-state index contributed by atoms with van der Waals surface area (Å²) in [7, 11) is 0. The highest BCUT2D eigenvalue weighted by atomic mass is 35.5. The van der Waals surface area contributed by atoms with Gasteiger partial charge >= 0.3 is 0 Å². The Labute approximate surface area is 114 Å². The molecule has 98 valence electrons. The van der Waals surface area contributed by atoms with E-state index in [4.69, 9.17) is 11.6 Å². The zero-order chi connectivity index (χ0) is 13.5. The highest BCUT2D eigenvalue weighted by Gasteiger charge is 2.25. The highest BCUT2D eigenvalue weighted by Crippen LogP contribution is 2.27.